The Hall–Kier alpha value is -4.04. The van der Waals surface area contributed by atoms with Crippen LogP contribution in [0.5, 0.6) is 0 Å². The predicted molar refractivity (Wildman–Crippen MR) is 139 cm³/mol. The van der Waals surface area contributed by atoms with Crippen LogP contribution in [0.25, 0.3) is 22.1 Å². The van der Waals surface area contributed by atoms with Gasteiger partial charge < -0.3 is 9.13 Å². The van der Waals surface area contributed by atoms with Gasteiger partial charge >= 0.3 is 0 Å². The monoisotopic (exact) mass is 554 g/mol. The van der Waals surface area contributed by atoms with Gasteiger partial charge in [0.25, 0.3) is 5.91 Å². The van der Waals surface area contributed by atoms with Gasteiger partial charge in [-0.1, -0.05) is 24.3 Å². The van der Waals surface area contributed by atoms with E-state index in [1.165, 1.54) is 11.8 Å². The number of aromatic nitrogens is 4. The number of thioether (sulfide) groups is 1. The summed E-state index contributed by atoms with van der Waals surface area (Å²) in [5.41, 5.74) is 3.17. The average molecular weight is 555 g/mol. The third-order valence-corrected chi connectivity index (χ3v) is 9.18. The zero-order valence-corrected chi connectivity index (χ0v) is 21.9. The van der Waals surface area contributed by atoms with E-state index in [4.69, 9.17) is 0 Å². The Bertz CT molecular complexity index is 1740. The summed E-state index contributed by atoms with van der Waals surface area (Å²) in [7, 11) is -0.363. The van der Waals surface area contributed by atoms with E-state index in [1.54, 1.807) is 35.9 Å². The van der Waals surface area contributed by atoms with Gasteiger partial charge in [0.15, 0.2) is 15.1 Å². The second-order valence-electron chi connectivity index (χ2n) is 8.74. The topological polar surface area (TPSA) is 162 Å². The van der Waals surface area contributed by atoms with Crippen LogP contribution >= 0.6 is 11.8 Å². The molecule has 0 radical (unpaired) electrons. The number of hydrogen-bond acceptors (Lipinski definition) is 9. The molecule has 2 fully saturated rings. The summed E-state index contributed by atoms with van der Waals surface area (Å²) >= 11 is 1.32. The number of para-hydroxylation sites is 4. The lowest BCUT2D eigenvalue weighted by molar-refractivity contribution is -0.131. The molecule has 14 heteroatoms. The summed E-state index contributed by atoms with van der Waals surface area (Å²) in [5.74, 6) is -1.77. The molecular formula is C24H22N6O6S2. The fourth-order valence-corrected chi connectivity index (χ4v) is 6.89. The molecule has 2 N–H and O–H groups in total. The quantitative estimate of drug-likeness (QED) is 0.340. The number of sulfone groups is 1. The van der Waals surface area contributed by atoms with E-state index in [0.29, 0.717) is 17.1 Å². The number of amides is 4. The molecular weight excluding hydrogens is 532 g/mol. The summed E-state index contributed by atoms with van der Waals surface area (Å²) in [6.45, 7) is 0. The smallest absolute Gasteiger partial charge is 0.252 e. The van der Waals surface area contributed by atoms with Gasteiger partial charge in [-0.15, -0.1) is 11.8 Å². The molecule has 0 saturated carbocycles. The SMILES string of the molecule is Cn1c(C2C(=O)NC(=O)CS2(=O)=O)nc2ccccc21.Cn1c(C2SCC(=O)NC2=O)nc2ccccc21. The lowest BCUT2D eigenvalue weighted by atomic mass is 10.3. The molecule has 2 saturated heterocycles. The third-order valence-electron chi connectivity index (χ3n) is 6.19. The van der Waals surface area contributed by atoms with Crippen molar-refractivity contribution >= 4 is 67.3 Å². The molecule has 12 nitrogen and oxygen atoms in total. The molecule has 2 aliphatic rings. The van der Waals surface area contributed by atoms with Crippen LogP contribution in [0.4, 0.5) is 0 Å². The lowest BCUT2D eigenvalue weighted by Crippen LogP contribution is -2.48. The van der Waals surface area contributed by atoms with Crippen molar-refractivity contribution in [2.45, 2.75) is 10.5 Å². The number of nitrogens with one attached hydrogen (secondary N) is 2. The van der Waals surface area contributed by atoms with Gasteiger partial charge in [0.2, 0.25) is 17.7 Å². The molecule has 0 bridgehead atoms. The van der Waals surface area contributed by atoms with E-state index in [9.17, 15) is 27.6 Å². The van der Waals surface area contributed by atoms with Crippen molar-refractivity contribution in [1.82, 2.24) is 29.7 Å². The van der Waals surface area contributed by atoms with Gasteiger partial charge in [0.05, 0.1) is 27.8 Å². The van der Waals surface area contributed by atoms with Crippen LogP contribution in [0.1, 0.15) is 22.1 Å². The number of imidazole rings is 2. The van der Waals surface area contributed by atoms with Gasteiger partial charge in [-0.3, -0.25) is 29.8 Å². The van der Waals surface area contributed by atoms with E-state index >= 15 is 0 Å². The molecule has 2 unspecified atom stereocenters. The first kappa shape index (κ1) is 25.6. The van der Waals surface area contributed by atoms with E-state index in [-0.39, 0.29) is 17.6 Å². The average Bonchev–Trinajstić information content (AvgIpc) is 3.35. The number of fused-ring (bicyclic) bond motifs is 2. The second kappa shape index (κ2) is 9.68. The molecule has 4 aromatic rings. The number of carbonyl (C=O) groups excluding carboxylic acids is 4. The van der Waals surface area contributed by atoms with Crippen molar-refractivity contribution in [3.05, 3.63) is 60.2 Å². The predicted octanol–water partition coefficient (Wildman–Crippen LogP) is 0.690. The number of rotatable bonds is 2. The molecule has 2 atom stereocenters. The van der Waals surface area contributed by atoms with Gasteiger partial charge in [-0.05, 0) is 24.3 Å². The maximum atomic E-state index is 12.1. The van der Waals surface area contributed by atoms with Crippen LogP contribution < -0.4 is 10.6 Å². The summed E-state index contributed by atoms with van der Waals surface area (Å²) in [5, 5.41) is 2.53. The van der Waals surface area contributed by atoms with Gasteiger partial charge in [0, 0.05) is 14.1 Å². The van der Waals surface area contributed by atoms with Crippen LogP contribution in [0.2, 0.25) is 0 Å². The van der Waals surface area contributed by atoms with Gasteiger partial charge in [-0.2, -0.15) is 0 Å². The number of imide groups is 2. The Morgan fingerprint density at radius 3 is 1.87 bits per heavy atom. The van der Waals surface area contributed by atoms with Gasteiger partial charge in [0.1, 0.15) is 22.7 Å². The summed E-state index contributed by atoms with van der Waals surface area (Å²) in [4.78, 5) is 54.7. The van der Waals surface area contributed by atoms with E-state index in [2.05, 4.69) is 15.3 Å². The van der Waals surface area contributed by atoms with Crippen LogP contribution in [-0.2, 0) is 43.1 Å². The number of benzene rings is 2. The highest BCUT2D eigenvalue weighted by Crippen LogP contribution is 2.32. The fraction of sp³-hybridized carbons (Fsp3) is 0.250. The maximum absolute atomic E-state index is 12.1. The highest BCUT2D eigenvalue weighted by molar-refractivity contribution is 8.01. The molecule has 6 rings (SSSR count). The number of aryl methyl sites for hydroxylation is 2. The van der Waals surface area contributed by atoms with E-state index in [0.717, 1.165) is 16.6 Å². The molecule has 0 aliphatic carbocycles. The standard InChI is InChI=1S/C12H11N3O4S.C12H11N3O2S/c1-15-8-5-3-2-4-7(8)13-11(15)10-12(17)14-9(16)6-20(10,18)19;1-15-8-5-3-2-4-7(8)13-11(15)10-12(17)14-9(16)6-18-10/h2-5,10H,6H2,1H3,(H,14,16,17);2-5,10H,6H2,1H3,(H,14,16,17). The largest absolute Gasteiger partial charge is 0.330 e. The molecule has 196 valence electrons. The van der Waals surface area contributed by atoms with Crippen LogP contribution in [0.15, 0.2) is 48.5 Å². The van der Waals surface area contributed by atoms with Crippen LogP contribution in [0, 0.1) is 0 Å². The van der Waals surface area contributed by atoms with Crippen molar-refractivity contribution in [3.63, 3.8) is 0 Å². The molecule has 2 aliphatic heterocycles. The molecule has 38 heavy (non-hydrogen) atoms. The van der Waals surface area contributed by atoms with Gasteiger partial charge in [-0.25, -0.2) is 18.4 Å². The van der Waals surface area contributed by atoms with E-state index < -0.39 is 37.9 Å². The number of hydrogen-bond donors (Lipinski definition) is 2. The summed E-state index contributed by atoms with van der Waals surface area (Å²) in [6.07, 6.45) is 0. The first-order valence-corrected chi connectivity index (χ1v) is 14.2. The molecule has 2 aromatic carbocycles. The van der Waals surface area contributed by atoms with Crippen molar-refractivity contribution in [2.24, 2.45) is 14.1 Å². The molecule has 0 spiro atoms. The highest BCUT2D eigenvalue weighted by atomic mass is 32.2. The van der Waals surface area contributed by atoms with Crippen molar-refractivity contribution in [2.75, 3.05) is 11.5 Å². The highest BCUT2D eigenvalue weighted by Gasteiger charge is 2.44. The summed E-state index contributed by atoms with van der Waals surface area (Å²) in [6, 6.07) is 14.8. The maximum Gasteiger partial charge on any atom is 0.252 e. The van der Waals surface area contributed by atoms with Crippen LogP contribution in [-0.4, -0.2) is 62.7 Å². The van der Waals surface area contributed by atoms with Crippen LogP contribution in [0.3, 0.4) is 0 Å². The fourth-order valence-electron chi connectivity index (χ4n) is 4.41. The molecule has 4 amide bonds. The second-order valence-corrected chi connectivity index (χ2v) is 11.9. The van der Waals surface area contributed by atoms with Crippen molar-refractivity contribution in [1.29, 1.82) is 0 Å². The van der Waals surface area contributed by atoms with Crippen molar-refractivity contribution < 1.29 is 27.6 Å². The number of nitrogens with zero attached hydrogens (tertiary/aromatic N) is 4. The molecule has 4 heterocycles. The minimum Gasteiger partial charge on any atom is -0.330 e. The van der Waals surface area contributed by atoms with Crippen molar-refractivity contribution in [3.8, 4) is 0 Å². The third kappa shape index (κ3) is 4.56. The lowest BCUT2D eigenvalue weighted by Gasteiger charge is -2.20. The Labute approximate surface area is 220 Å². The normalized spacial score (nSPS) is 21.1. The zero-order valence-electron chi connectivity index (χ0n) is 20.2. The Morgan fingerprint density at radius 2 is 1.32 bits per heavy atom. The Morgan fingerprint density at radius 1 is 0.789 bits per heavy atom. The Balaban J connectivity index is 0.000000156. The van der Waals surface area contributed by atoms with E-state index in [1.807, 2.05) is 41.2 Å². The Kier molecular flexibility index (Phi) is 6.53. The number of carbonyl (C=O) groups is 4. The summed E-state index contributed by atoms with van der Waals surface area (Å²) < 4.78 is 27.7. The minimum absolute atomic E-state index is 0.121. The first-order chi connectivity index (χ1) is 18.1. The minimum atomic E-state index is -3.89. The zero-order chi connectivity index (χ0) is 27.2. The molecule has 2 aromatic heterocycles. The first-order valence-electron chi connectivity index (χ1n) is 11.4.